The Morgan fingerprint density at radius 2 is 1.52 bits per heavy atom. The average Bonchev–Trinajstić information content (AvgIpc) is 2.94. The molecule has 0 aromatic heterocycles. The van der Waals surface area contributed by atoms with Crippen molar-refractivity contribution in [2.45, 2.75) is 63.3 Å². The van der Waals surface area contributed by atoms with E-state index in [9.17, 15) is 9.59 Å². The van der Waals surface area contributed by atoms with E-state index < -0.39 is 11.0 Å². The number of nitrogens with one attached hydrogen (secondary N) is 1. The van der Waals surface area contributed by atoms with Crippen molar-refractivity contribution in [3.63, 3.8) is 0 Å². The molecule has 0 aromatic rings. The third kappa shape index (κ3) is 3.39. The Morgan fingerprint density at radius 3 is 2.05 bits per heavy atom. The molecule has 2 aliphatic carbocycles. The molecule has 2 saturated carbocycles. The summed E-state index contributed by atoms with van der Waals surface area (Å²) in [4.78, 5) is 26.6. The molecule has 0 unspecified atom stereocenters. The Labute approximate surface area is 127 Å². The molecular formula is C16H29N3O2. The molecule has 0 aromatic carbocycles. The van der Waals surface area contributed by atoms with Gasteiger partial charge in [-0.05, 0) is 25.7 Å². The Balaban J connectivity index is 1.99. The maximum atomic E-state index is 12.5. The van der Waals surface area contributed by atoms with Gasteiger partial charge in [-0.1, -0.05) is 32.1 Å². The topological polar surface area (TPSA) is 75.4 Å². The third-order valence-corrected chi connectivity index (χ3v) is 5.21. The lowest BCUT2D eigenvalue weighted by molar-refractivity contribution is -0.139. The molecule has 2 aliphatic rings. The average molecular weight is 295 g/mol. The second kappa shape index (κ2) is 6.34. The van der Waals surface area contributed by atoms with Crippen molar-refractivity contribution in [1.29, 1.82) is 0 Å². The van der Waals surface area contributed by atoms with Crippen LogP contribution in [0.1, 0.15) is 57.8 Å². The second-order valence-electron chi connectivity index (χ2n) is 7.09. The molecule has 120 valence electrons. The number of nitrogens with two attached hydrogens (primary N) is 1. The van der Waals surface area contributed by atoms with Gasteiger partial charge < -0.3 is 16.0 Å². The highest BCUT2D eigenvalue weighted by molar-refractivity contribution is 5.88. The highest BCUT2D eigenvalue weighted by Crippen LogP contribution is 2.39. The molecule has 0 aliphatic heterocycles. The van der Waals surface area contributed by atoms with Gasteiger partial charge in [0.1, 0.15) is 0 Å². The molecule has 0 heterocycles. The summed E-state index contributed by atoms with van der Waals surface area (Å²) < 4.78 is 0. The van der Waals surface area contributed by atoms with Crippen LogP contribution in [0.2, 0.25) is 0 Å². The van der Waals surface area contributed by atoms with E-state index in [1.54, 1.807) is 19.0 Å². The zero-order valence-electron chi connectivity index (χ0n) is 13.4. The van der Waals surface area contributed by atoms with Crippen molar-refractivity contribution in [2.24, 2.45) is 11.1 Å². The van der Waals surface area contributed by atoms with Crippen LogP contribution >= 0.6 is 0 Å². The predicted molar refractivity (Wildman–Crippen MR) is 82.6 cm³/mol. The van der Waals surface area contributed by atoms with Crippen LogP contribution in [0, 0.1) is 5.41 Å². The normalized spacial score (nSPS) is 23.6. The summed E-state index contributed by atoms with van der Waals surface area (Å²) in [5.74, 6) is 0.0649. The van der Waals surface area contributed by atoms with E-state index in [2.05, 4.69) is 5.32 Å². The van der Waals surface area contributed by atoms with E-state index in [4.69, 9.17) is 5.73 Å². The van der Waals surface area contributed by atoms with E-state index in [-0.39, 0.29) is 11.8 Å². The van der Waals surface area contributed by atoms with Crippen LogP contribution in [0.3, 0.4) is 0 Å². The number of carbonyl (C=O) groups is 2. The van der Waals surface area contributed by atoms with Gasteiger partial charge in [-0.25, -0.2) is 0 Å². The molecule has 0 spiro atoms. The first kappa shape index (κ1) is 16.3. The van der Waals surface area contributed by atoms with Crippen LogP contribution in [0.5, 0.6) is 0 Å². The molecule has 2 fully saturated rings. The molecule has 0 atom stereocenters. The molecule has 0 saturated heterocycles. The number of hydrogen-bond donors (Lipinski definition) is 2. The summed E-state index contributed by atoms with van der Waals surface area (Å²) in [6.45, 7) is 0.432. The highest BCUT2D eigenvalue weighted by atomic mass is 16.2. The van der Waals surface area contributed by atoms with Gasteiger partial charge in [-0.2, -0.15) is 0 Å². The summed E-state index contributed by atoms with van der Waals surface area (Å²) in [5.41, 5.74) is 5.12. The standard InChI is InChI=1S/C16H29N3O2/c1-19(2)14(21)15(8-6-7-9-15)12-18-13(20)16(17)10-4-3-5-11-16/h3-12,17H2,1-2H3,(H,18,20). The fraction of sp³-hybridized carbons (Fsp3) is 0.875. The molecule has 5 nitrogen and oxygen atoms in total. The number of amides is 2. The van der Waals surface area contributed by atoms with E-state index in [0.29, 0.717) is 6.54 Å². The van der Waals surface area contributed by atoms with E-state index >= 15 is 0 Å². The lowest BCUT2D eigenvalue weighted by Crippen LogP contribution is -2.57. The van der Waals surface area contributed by atoms with Crippen LogP contribution in [0.25, 0.3) is 0 Å². The maximum Gasteiger partial charge on any atom is 0.240 e. The first-order chi connectivity index (χ1) is 9.90. The summed E-state index contributed by atoms with van der Waals surface area (Å²) in [7, 11) is 3.57. The zero-order valence-corrected chi connectivity index (χ0v) is 13.4. The molecule has 3 N–H and O–H groups in total. The molecule has 0 bridgehead atoms. The monoisotopic (exact) mass is 295 g/mol. The number of nitrogens with zero attached hydrogens (tertiary/aromatic N) is 1. The smallest absolute Gasteiger partial charge is 0.240 e. The molecule has 2 rings (SSSR count). The van der Waals surface area contributed by atoms with Crippen LogP contribution in [-0.4, -0.2) is 42.9 Å². The molecule has 0 radical (unpaired) electrons. The Kier molecular flexibility index (Phi) is 4.91. The zero-order chi connectivity index (χ0) is 15.5. The van der Waals surface area contributed by atoms with Crippen LogP contribution in [-0.2, 0) is 9.59 Å². The van der Waals surface area contributed by atoms with E-state index in [1.807, 2.05) is 0 Å². The third-order valence-electron chi connectivity index (χ3n) is 5.21. The van der Waals surface area contributed by atoms with Crippen LogP contribution in [0.4, 0.5) is 0 Å². The fourth-order valence-corrected chi connectivity index (χ4v) is 3.83. The highest BCUT2D eigenvalue weighted by Gasteiger charge is 2.43. The Hall–Kier alpha value is -1.10. The molecule has 2 amide bonds. The molecule has 5 heteroatoms. The number of carbonyl (C=O) groups excluding carboxylic acids is 2. The largest absolute Gasteiger partial charge is 0.353 e. The van der Waals surface area contributed by atoms with Gasteiger partial charge in [-0.3, -0.25) is 9.59 Å². The Bertz CT molecular complexity index is 394. The maximum absolute atomic E-state index is 12.5. The van der Waals surface area contributed by atoms with Crippen LogP contribution < -0.4 is 11.1 Å². The first-order valence-corrected chi connectivity index (χ1v) is 8.19. The van der Waals surface area contributed by atoms with Crippen molar-refractivity contribution in [1.82, 2.24) is 10.2 Å². The minimum Gasteiger partial charge on any atom is -0.353 e. The van der Waals surface area contributed by atoms with Crippen molar-refractivity contribution in [3.8, 4) is 0 Å². The minimum absolute atomic E-state index is 0.0694. The van der Waals surface area contributed by atoms with Gasteiger partial charge >= 0.3 is 0 Å². The van der Waals surface area contributed by atoms with Gasteiger partial charge in [0, 0.05) is 20.6 Å². The summed E-state index contributed by atoms with van der Waals surface area (Å²) in [6.07, 6.45) is 8.56. The predicted octanol–water partition coefficient (Wildman–Crippen LogP) is 1.41. The van der Waals surface area contributed by atoms with Crippen molar-refractivity contribution in [3.05, 3.63) is 0 Å². The van der Waals surface area contributed by atoms with Crippen molar-refractivity contribution >= 4 is 11.8 Å². The number of rotatable bonds is 4. The van der Waals surface area contributed by atoms with Gasteiger partial charge in [-0.15, -0.1) is 0 Å². The minimum atomic E-state index is -0.723. The van der Waals surface area contributed by atoms with Crippen molar-refractivity contribution in [2.75, 3.05) is 20.6 Å². The van der Waals surface area contributed by atoms with Crippen LogP contribution in [0.15, 0.2) is 0 Å². The number of hydrogen-bond acceptors (Lipinski definition) is 3. The summed E-state index contributed by atoms with van der Waals surface area (Å²) >= 11 is 0. The van der Waals surface area contributed by atoms with Gasteiger partial charge in [0.15, 0.2) is 0 Å². The first-order valence-electron chi connectivity index (χ1n) is 8.19. The summed E-state index contributed by atoms with van der Waals surface area (Å²) in [6, 6.07) is 0. The van der Waals surface area contributed by atoms with Gasteiger partial charge in [0.05, 0.1) is 11.0 Å². The lowest BCUT2D eigenvalue weighted by Gasteiger charge is -2.35. The quantitative estimate of drug-likeness (QED) is 0.823. The van der Waals surface area contributed by atoms with Crippen molar-refractivity contribution < 1.29 is 9.59 Å². The fourth-order valence-electron chi connectivity index (χ4n) is 3.83. The molecule has 21 heavy (non-hydrogen) atoms. The van der Waals surface area contributed by atoms with Gasteiger partial charge in [0.25, 0.3) is 0 Å². The Morgan fingerprint density at radius 1 is 1.00 bits per heavy atom. The molecular weight excluding hydrogens is 266 g/mol. The lowest BCUT2D eigenvalue weighted by atomic mass is 9.80. The summed E-state index contributed by atoms with van der Waals surface area (Å²) in [5, 5.41) is 3.00. The van der Waals surface area contributed by atoms with E-state index in [0.717, 1.165) is 57.8 Å². The van der Waals surface area contributed by atoms with E-state index in [1.165, 1.54) is 0 Å². The van der Waals surface area contributed by atoms with Gasteiger partial charge in [0.2, 0.25) is 11.8 Å². The second-order valence-corrected chi connectivity index (χ2v) is 7.09. The SMILES string of the molecule is CN(C)C(=O)C1(CNC(=O)C2(N)CCCCC2)CCCC1.